The summed E-state index contributed by atoms with van der Waals surface area (Å²) in [6.07, 6.45) is 48.1. The van der Waals surface area contributed by atoms with Crippen molar-refractivity contribution in [2.75, 3.05) is 47.5 Å². The van der Waals surface area contributed by atoms with E-state index in [9.17, 15) is 24.2 Å². The van der Waals surface area contributed by atoms with Crippen molar-refractivity contribution < 1.29 is 47.2 Å². The molecule has 0 aromatic heterocycles. The van der Waals surface area contributed by atoms with Gasteiger partial charge >= 0.3 is 19.8 Å². The van der Waals surface area contributed by atoms with Gasteiger partial charge in [-0.15, -0.1) is 0 Å². The first-order valence-electron chi connectivity index (χ1n) is 22.0. The van der Waals surface area contributed by atoms with Gasteiger partial charge in [-0.3, -0.25) is 18.6 Å². The van der Waals surface area contributed by atoms with E-state index in [1.165, 1.54) is 0 Å². The molecule has 0 spiro atoms. The van der Waals surface area contributed by atoms with Gasteiger partial charge in [0.05, 0.1) is 33.9 Å². The lowest BCUT2D eigenvalue weighted by atomic mass is 10.1. The summed E-state index contributed by atoms with van der Waals surface area (Å²) in [5.41, 5.74) is 0. The van der Waals surface area contributed by atoms with Crippen molar-refractivity contribution in [2.45, 2.75) is 148 Å². The number of rotatable bonds is 38. The molecule has 59 heavy (non-hydrogen) atoms. The first-order valence-corrected chi connectivity index (χ1v) is 23.5. The Hall–Kier alpha value is -3.11. The van der Waals surface area contributed by atoms with Gasteiger partial charge in [-0.25, -0.2) is 4.57 Å². The van der Waals surface area contributed by atoms with E-state index in [4.69, 9.17) is 18.5 Å². The van der Waals surface area contributed by atoms with E-state index in [-0.39, 0.29) is 32.2 Å². The fraction of sp³-hybridized carbons (Fsp3) is 0.625. The third-order valence-corrected chi connectivity index (χ3v) is 9.64. The summed E-state index contributed by atoms with van der Waals surface area (Å²) in [6, 6.07) is 0. The van der Waals surface area contributed by atoms with Crippen LogP contribution in [0.25, 0.3) is 0 Å². The number of nitrogens with zero attached hydrogens (tertiary/aromatic N) is 1. The SMILES string of the molecule is CC/C=C\C/C=C\C/C=C\C/C=C\CCCCCCC(=O)O[C@H](COC(=O)CCC/C=C\C/C=C\C/C=C\C/C=C\CC(O)CCC)COP(=O)(O)OCC[N+](C)(C)C. The monoisotopic (exact) mass is 847 g/mol. The average molecular weight is 847 g/mol. The number of unbranched alkanes of at least 4 members (excludes halogenated alkanes) is 5. The van der Waals surface area contributed by atoms with Gasteiger partial charge < -0.3 is 24.0 Å². The summed E-state index contributed by atoms with van der Waals surface area (Å²) < 4.78 is 34.2. The van der Waals surface area contributed by atoms with Gasteiger partial charge in [0.15, 0.2) is 6.10 Å². The predicted octanol–water partition coefficient (Wildman–Crippen LogP) is 11.5. The molecule has 0 fully saturated rings. The summed E-state index contributed by atoms with van der Waals surface area (Å²) in [7, 11) is 1.39. The molecule has 0 heterocycles. The number of phosphoric ester groups is 1. The van der Waals surface area contributed by atoms with Crippen molar-refractivity contribution in [3.63, 3.8) is 0 Å². The molecule has 3 atom stereocenters. The Morgan fingerprint density at radius 1 is 0.610 bits per heavy atom. The molecule has 0 radical (unpaired) electrons. The first-order chi connectivity index (χ1) is 28.4. The maximum Gasteiger partial charge on any atom is 0.472 e. The van der Waals surface area contributed by atoms with E-state index >= 15 is 0 Å². The average Bonchev–Trinajstić information content (AvgIpc) is 3.18. The van der Waals surface area contributed by atoms with Crippen molar-refractivity contribution in [3.05, 3.63) is 97.2 Å². The van der Waals surface area contributed by atoms with Gasteiger partial charge in [-0.05, 0) is 89.9 Å². The van der Waals surface area contributed by atoms with E-state index in [0.29, 0.717) is 36.7 Å². The third kappa shape index (κ3) is 42.8. The van der Waals surface area contributed by atoms with Crippen molar-refractivity contribution in [3.8, 4) is 0 Å². The minimum atomic E-state index is -4.41. The van der Waals surface area contributed by atoms with E-state index in [0.717, 1.165) is 83.5 Å². The Morgan fingerprint density at radius 2 is 1.10 bits per heavy atom. The van der Waals surface area contributed by atoms with Crippen LogP contribution >= 0.6 is 7.82 Å². The van der Waals surface area contributed by atoms with Gasteiger partial charge in [0, 0.05) is 12.8 Å². The van der Waals surface area contributed by atoms with Crippen LogP contribution in [0.5, 0.6) is 0 Å². The summed E-state index contributed by atoms with van der Waals surface area (Å²) in [5, 5.41) is 9.74. The molecule has 0 saturated carbocycles. The lowest BCUT2D eigenvalue weighted by molar-refractivity contribution is -0.870. The largest absolute Gasteiger partial charge is 0.472 e. The molecule has 0 aromatic carbocycles. The molecular formula is C48H81NO9P+. The Bertz CT molecular complexity index is 1340. The summed E-state index contributed by atoms with van der Waals surface area (Å²) in [5.74, 6) is -0.924. The second-order valence-corrected chi connectivity index (χ2v) is 17.0. The molecule has 0 bridgehead atoms. The lowest BCUT2D eigenvalue weighted by Gasteiger charge is -2.24. The third-order valence-electron chi connectivity index (χ3n) is 8.65. The standard InChI is InChI=1S/C48H80NO9P/c1-6-8-9-10-11-12-13-14-15-16-17-20-24-27-30-33-36-40-48(52)58-46(44-57-59(53,54)56-42-41-49(3,4)5)43-55-47(51)39-35-32-29-26-23-21-18-19-22-25-28-31-34-38-45(50)37-7-2/h8-9,11-12,14-15,17-18,20-22,25-26,29,31,34,45-46,50H,6-7,10,13,16,19,23-24,27-28,30,32-33,35-44H2,1-5H3/p+1/b9-8-,12-11-,15-14-,20-17-,21-18-,25-22-,29-26-,34-31-/t45?,46-/m1/s1. The second-order valence-electron chi connectivity index (χ2n) is 15.5. The molecule has 0 aliphatic rings. The molecule has 0 aromatic rings. The van der Waals surface area contributed by atoms with E-state index in [1.54, 1.807) is 0 Å². The Morgan fingerprint density at radius 3 is 1.64 bits per heavy atom. The van der Waals surface area contributed by atoms with E-state index in [2.05, 4.69) is 98.9 Å². The van der Waals surface area contributed by atoms with Crippen molar-refractivity contribution in [1.82, 2.24) is 0 Å². The highest BCUT2D eigenvalue weighted by Gasteiger charge is 2.27. The molecule has 0 rings (SSSR count). The number of allylic oxidation sites excluding steroid dienone is 15. The highest BCUT2D eigenvalue weighted by Crippen LogP contribution is 2.43. The van der Waals surface area contributed by atoms with Crippen LogP contribution in [0.2, 0.25) is 0 Å². The van der Waals surface area contributed by atoms with Crippen LogP contribution in [-0.4, -0.2) is 86.1 Å². The van der Waals surface area contributed by atoms with Crippen molar-refractivity contribution in [1.29, 1.82) is 0 Å². The fourth-order valence-electron chi connectivity index (χ4n) is 5.25. The number of hydrogen-bond donors (Lipinski definition) is 2. The predicted molar refractivity (Wildman–Crippen MR) is 244 cm³/mol. The number of aliphatic hydroxyl groups is 1. The topological polar surface area (TPSA) is 129 Å². The number of phosphoric acid groups is 1. The number of quaternary nitrogens is 1. The maximum absolute atomic E-state index is 12.7. The number of aliphatic hydroxyl groups excluding tert-OH is 1. The maximum atomic E-state index is 12.7. The molecule has 11 heteroatoms. The molecule has 0 amide bonds. The second kappa shape index (κ2) is 39.1. The van der Waals surface area contributed by atoms with Crippen LogP contribution in [0.15, 0.2) is 97.2 Å². The number of ether oxygens (including phenoxy) is 2. The number of carbonyl (C=O) groups excluding carboxylic acids is 2. The first kappa shape index (κ1) is 55.9. The van der Waals surface area contributed by atoms with Gasteiger partial charge in [-0.2, -0.15) is 0 Å². The summed E-state index contributed by atoms with van der Waals surface area (Å²) in [6.45, 7) is 3.97. The molecule has 0 aliphatic heterocycles. The zero-order valence-corrected chi connectivity index (χ0v) is 38.2. The van der Waals surface area contributed by atoms with Crippen molar-refractivity contribution >= 4 is 19.8 Å². The minimum Gasteiger partial charge on any atom is -0.462 e. The zero-order valence-electron chi connectivity index (χ0n) is 37.3. The highest BCUT2D eigenvalue weighted by molar-refractivity contribution is 7.47. The molecule has 10 nitrogen and oxygen atoms in total. The van der Waals surface area contributed by atoms with E-state index in [1.807, 2.05) is 33.3 Å². The summed E-state index contributed by atoms with van der Waals surface area (Å²) >= 11 is 0. The van der Waals surface area contributed by atoms with Crippen LogP contribution in [0.3, 0.4) is 0 Å². The van der Waals surface area contributed by atoms with Crippen LogP contribution in [0, 0.1) is 0 Å². The smallest absolute Gasteiger partial charge is 0.462 e. The molecule has 2 N–H and O–H groups in total. The number of hydrogen-bond acceptors (Lipinski definition) is 8. The molecule has 336 valence electrons. The van der Waals surface area contributed by atoms with Gasteiger partial charge in [0.1, 0.15) is 19.8 Å². The number of esters is 2. The fourth-order valence-corrected chi connectivity index (χ4v) is 5.99. The van der Waals surface area contributed by atoms with Crippen LogP contribution in [0.1, 0.15) is 136 Å². The van der Waals surface area contributed by atoms with Gasteiger partial charge in [0.25, 0.3) is 0 Å². The van der Waals surface area contributed by atoms with Crippen LogP contribution in [-0.2, 0) is 32.7 Å². The van der Waals surface area contributed by atoms with Gasteiger partial charge in [0.2, 0.25) is 0 Å². The summed E-state index contributed by atoms with van der Waals surface area (Å²) in [4.78, 5) is 35.4. The van der Waals surface area contributed by atoms with Gasteiger partial charge in [-0.1, -0.05) is 130 Å². The van der Waals surface area contributed by atoms with Crippen LogP contribution in [0.4, 0.5) is 0 Å². The minimum absolute atomic E-state index is 0.00595. The molecule has 2 unspecified atom stereocenters. The normalized spacial score (nSPS) is 15.0. The lowest BCUT2D eigenvalue weighted by Crippen LogP contribution is -2.37. The molecule has 0 aliphatic carbocycles. The molecular weight excluding hydrogens is 766 g/mol. The van der Waals surface area contributed by atoms with Crippen LogP contribution < -0.4 is 0 Å². The Balaban J connectivity index is 4.54. The Labute approximate surface area is 358 Å². The quantitative estimate of drug-likeness (QED) is 0.0205. The number of carbonyl (C=O) groups is 2. The molecule has 0 saturated heterocycles. The van der Waals surface area contributed by atoms with Crippen molar-refractivity contribution in [2.24, 2.45) is 0 Å². The Kier molecular flexibility index (Phi) is 37.0. The zero-order chi connectivity index (χ0) is 43.7. The van der Waals surface area contributed by atoms with E-state index < -0.39 is 32.5 Å². The number of likely N-dealkylation sites (N-methyl/N-ethyl adjacent to an activating group) is 1. The highest BCUT2D eigenvalue weighted by atomic mass is 31.2.